The van der Waals surface area contributed by atoms with Crippen LogP contribution in [0.3, 0.4) is 0 Å². The van der Waals surface area contributed by atoms with Crippen LogP contribution < -0.4 is 0 Å². The van der Waals surface area contributed by atoms with Crippen molar-refractivity contribution in [3.63, 3.8) is 0 Å². The number of hydrogen-bond acceptors (Lipinski definition) is 0. The van der Waals surface area contributed by atoms with Crippen LogP contribution in [0, 0.1) is 24.7 Å². The second-order valence-electron chi connectivity index (χ2n) is 12.3. The van der Waals surface area contributed by atoms with Crippen molar-refractivity contribution in [3.8, 4) is 0 Å². The van der Waals surface area contributed by atoms with E-state index in [1.807, 2.05) is 0 Å². The van der Waals surface area contributed by atoms with Crippen LogP contribution in [0.4, 0.5) is 0 Å². The van der Waals surface area contributed by atoms with Gasteiger partial charge in [0.05, 0.1) is 0 Å². The molecule has 39 heavy (non-hydrogen) atoms. The monoisotopic (exact) mass is 514 g/mol. The highest BCUT2D eigenvalue weighted by molar-refractivity contribution is 5.60. The van der Waals surface area contributed by atoms with E-state index in [-0.39, 0.29) is 0 Å². The summed E-state index contributed by atoms with van der Waals surface area (Å²) in [5, 5.41) is 0. The van der Waals surface area contributed by atoms with Gasteiger partial charge in [0.2, 0.25) is 0 Å². The third-order valence-corrected chi connectivity index (χ3v) is 9.68. The van der Waals surface area contributed by atoms with Gasteiger partial charge in [0.15, 0.2) is 0 Å². The van der Waals surface area contributed by atoms with Crippen LogP contribution in [0.1, 0.15) is 88.0 Å². The van der Waals surface area contributed by atoms with Gasteiger partial charge in [-0.1, -0.05) is 135 Å². The second-order valence-corrected chi connectivity index (χ2v) is 12.3. The molecule has 1 saturated carbocycles. The number of rotatable bonds is 7. The van der Waals surface area contributed by atoms with Gasteiger partial charge in [-0.2, -0.15) is 0 Å². The Morgan fingerprint density at radius 3 is 2.41 bits per heavy atom. The molecule has 2 aromatic carbocycles. The minimum Gasteiger partial charge on any atom is -0.0995 e. The highest BCUT2D eigenvalue weighted by Gasteiger charge is 2.45. The number of hydrogen-bond donors (Lipinski definition) is 0. The fourth-order valence-corrected chi connectivity index (χ4v) is 7.83. The van der Waals surface area contributed by atoms with Crippen molar-refractivity contribution in [1.82, 2.24) is 0 Å². The largest absolute Gasteiger partial charge is 0.0995 e. The summed E-state index contributed by atoms with van der Waals surface area (Å²) in [7, 11) is 0. The van der Waals surface area contributed by atoms with Gasteiger partial charge in [0.25, 0.3) is 0 Å². The van der Waals surface area contributed by atoms with E-state index in [9.17, 15) is 0 Å². The first-order valence-electron chi connectivity index (χ1n) is 15.1. The molecule has 0 bridgehead atoms. The van der Waals surface area contributed by atoms with E-state index in [1.165, 1.54) is 55.7 Å². The molecule has 5 rings (SSSR count). The Bertz CT molecular complexity index is 1400. The van der Waals surface area contributed by atoms with E-state index in [0.29, 0.717) is 29.6 Å². The van der Waals surface area contributed by atoms with Gasteiger partial charge in [-0.05, 0) is 85.3 Å². The third kappa shape index (κ3) is 5.00. The lowest BCUT2D eigenvalue weighted by Crippen LogP contribution is -2.32. The predicted octanol–water partition coefficient (Wildman–Crippen LogP) is 10.8. The standard InChI is InChI=1S/C39H46/c1-9-13-25(4)36-26(5)21-34-23-33(29(8)38(34)39(36)35-15-12-11-14-30(35)10-2)22-32-20-27(6)37(28(32)7)31-18-16-24(3)17-19-31/h11-12,14-22,26,36-39H,4,8-10,13,23H2,1-3,5-7H3/b33-22-. The Hall–Kier alpha value is -3.12. The average Bonchev–Trinajstić information content (AvgIpc) is 3.37. The Labute approximate surface area is 237 Å². The number of allylic oxidation sites excluding steroid dienone is 10. The first kappa shape index (κ1) is 27.4. The molecule has 0 amide bonds. The molecule has 5 atom stereocenters. The maximum absolute atomic E-state index is 4.81. The summed E-state index contributed by atoms with van der Waals surface area (Å²) >= 11 is 0. The van der Waals surface area contributed by atoms with Crippen molar-refractivity contribution in [3.05, 3.63) is 141 Å². The zero-order valence-electron chi connectivity index (χ0n) is 25.0. The third-order valence-electron chi connectivity index (χ3n) is 9.68. The lowest BCUT2D eigenvalue weighted by Gasteiger charge is -2.42. The molecule has 5 unspecified atom stereocenters. The van der Waals surface area contributed by atoms with Crippen LogP contribution in [-0.4, -0.2) is 0 Å². The normalized spacial score (nSPS) is 27.6. The summed E-state index contributed by atoms with van der Waals surface area (Å²) in [4.78, 5) is 0. The first-order valence-corrected chi connectivity index (χ1v) is 15.1. The highest BCUT2D eigenvalue weighted by Crippen LogP contribution is 2.57. The molecule has 0 aromatic heterocycles. The summed E-state index contributed by atoms with van der Waals surface area (Å²) in [6.07, 6.45) is 11.8. The highest BCUT2D eigenvalue weighted by atomic mass is 14.5. The van der Waals surface area contributed by atoms with E-state index < -0.39 is 0 Å². The fraction of sp³-hybridized carbons (Fsp3) is 0.385. The van der Waals surface area contributed by atoms with Crippen molar-refractivity contribution in [2.75, 3.05) is 0 Å². The molecule has 0 nitrogen and oxygen atoms in total. The molecule has 2 aromatic rings. The summed E-state index contributed by atoms with van der Waals surface area (Å²) in [5.41, 5.74) is 15.7. The molecule has 202 valence electrons. The predicted molar refractivity (Wildman–Crippen MR) is 169 cm³/mol. The molecule has 0 radical (unpaired) electrons. The van der Waals surface area contributed by atoms with Gasteiger partial charge >= 0.3 is 0 Å². The lowest BCUT2D eigenvalue weighted by molar-refractivity contribution is 0.321. The zero-order valence-corrected chi connectivity index (χ0v) is 25.0. The van der Waals surface area contributed by atoms with Crippen molar-refractivity contribution in [1.29, 1.82) is 0 Å². The molecule has 0 aliphatic heterocycles. The quantitative estimate of drug-likeness (QED) is 0.322. The summed E-state index contributed by atoms with van der Waals surface area (Å²) in [6, 6.07) is 18.2. The van der Waals surface area contributed by atoms with E-state index in [2.05, 4.69) is 115 Å². The van der Waals surface area contributed by atoms with Gasteiger partial charge in [-0.25, -0.2) is 0 Å². The lowest BCUT2D eigenvalue weighted by atomic mass is 9.61. The van der Waals surface area contributed by atoms with Crippen LogP contribution in [0.25, 0.3) is 0 Å². The van der Waals surface area contributed by atoms with Gasteiger partial charge < -0.3 is 0 Å². The smallest absolute Gasteiger partial charge is 0.0264 e. The molecule has 0 spiro atoms. The number of fused-ring (bicyclic) bond motifs is 1. The Morgan fingerprint density at radius 1 is 1.00 bits per heavy atom. The molecular weight excluding hydrogens is 468 g/mol. The maximum atomic E-state index is 4.81. The van der Waals surface area contributed by atoms with Crippen molar-refractivity contribution >= 4 is 0 Å². The number of aryl methyl sites for hydroxylation is 2. The molecular formula is C39H46. The SMILES string of the molecule is C=C1/C(=C\C2=C(C)C(c3ccc(C)cc3)C(C)=C2)CC2=CC(C)C(C(=C)CCC)C(c3ccccc3CC)C12. The molecule has 0 N–H and O–H groups in total. The zero-order chi connectivity index (χ0) is 27.8. The molecule has 3 aliphatic rings. The summed E-state index contributed by atoms with van der Waals surface area (Å²) in [5.74, 6) is 2.07. The summed E-state index contributed by atoms with van der Waals surface area (Å²) < 4.78 is 0. The molecule has 0 heteroatoms. The fourth-order valence-electron chi connectivity index (χ4n) is 7.83. The van der Waals surface area contributed by atoms with Crippen molar-refractivity contribution < 1.29 is 0 Å². The van der Waals surface area contributed by atoms with Crippen LogP contribution in [0.15, 0.2) is 119 Å². The summed E-state index contributed by atoms with van der Waals surface area (Å²) in [6.45, 7) is 23.2. The van der Waals surface area contributed by atoms with Crippen LogP contribution in [0.5, 0.6) is 0 Å². The Balaban J connectivity index is 1.55. The molecule has 0 saturated heterocycles. The van der Waals surface area contributed by atoms with E-state index in [0.717, 1.165) is 25.7 Å². The van der Waals surface area contributed by atoms with E-state index >= 15 is 0 Å². The minimum atomic E-state index is 0.360. The minimum absolute atomic E-state index is 0.360. The van der Waals surface area contributed by atoms with Gasteiger partial charge in [-0.3, -0.25) is 0 Å². The van der Waals surface area contributed by atoms with Crippen LogP contribution in [-0.2, 0) is 6.42 Å². The number of benzene rings is 2. The topological polar surface area (TPSA) is 0 Å². The Morgan fingerprint density at radius 2 is 1.72 bits per heavy atom. The molecule has 3 aliphatic carbocycles. The second kappa shape index (κ2) is 11.2. The van der Waals surface area contributed by atoms with E-state index in [1.54, 1.807) is 5.57 Å². The first-order chi connectivity index (χ1) is 18.7. The average molecular weight is 515 g/mol. The molecule has 1 fully saturated rings. The Kier molecular flexibility index (Phi) is 7.86. The van der Waals surface area contributed by atoms with E-state index in [4.69, 9.17) is 6.58 Å². The maximum Gasteiger partial charge on any atom is 0.0264 e. The van der Waals surface area contributed by atoms with Crippen molar-refractivity contribution in [2.45, 2.75) is 79.1 Å². The van der Waals surface area contributed by atoms with Gasteiger partial charge in [-0.15, -0.1) is 0 Å². The van der Waals surface area contributed by atoms with Gasteiger partial charge in [0, 0.05) is 17.8 Å². The molecule has 0 heterocycles. The van der Waals surface area contributed by atoms with Gasteiger partial charge in [0.1, 0.15) is 0 Å². The van der Waals surface area contributed by atoms with Crippen molar-refractivity contribution in [2.24, 2.45) is 17.8 Å². The van der Waals surface area contributed by atoms with Crippen LogP contribution in [0.2, 0.25) is 0 Å². The van der Waals surface area contributed by atoms with Crippen LogP contribution >= 0.6 is 0 Å².